The van der Waals surface area contributed by atoms with Crippen molar-refractivity contribution in [3.8, 4) is 0 Å². The molecular weight excluding hydrogens is 258 g/mol. The van der Waals surface area contributed by atoms with E-state index in [9.17, 15) is 9.59 Å². The molecular formula is C14H27N3O3. The lowest BCUT2D eigenvalue weighted by Gasteiger charge is -2.38. The number of rotatable bonds is 6. The minimum absolute atomic E-state index is 0.00169. The molecule has 1 aliphatic rings. The van der Waals surface area contributed by atoms with Gasteiger partial charge in [-0.25, -0.2) is 4.79 Å². The fraction of sp³-hybridized carbons (Fsp3) is 0.857. The van der Waals surface area contributed by atoms with E-state index < -0.39 is 5.97 Å². The molecule has 116 valence electrons. The van der Waals surface area contributed by atoms with Crippen molar-refractivity contribution in [1.29, 1.82) is 0 Å². The third-order valence-corrected chi connectivity index (χ3v) is 4.10. The summed E-state index contributed by atoms with van der Waals surface area (Å²) < 4.78 is 0. The molecule has 0 radical (unpaired) electrons. The first kappa shape index (κ1) is 16.8. The molecule has 0 aromatic rings. The van der Waals surface area contributed by atoms with E-state index in [4.69, 9.17) is 5.11 Å². The number of carbonyl (C=O) groups is 2. The Hall–Kier alpha value is -1.30. The minimum Gasteiger partial charge on any atom is -0.481 e. The van der Waals surface area contributed by atoms with Gasteiger partial charge in [0.15, 0.2) is 0 Å². The van der Waals surface area contributed by atoms with Crippen LogP contribution in [0.15, 0.2) is 0 Å². The molecule has 0 aliphatic carbocycles. The van der Waals surface area contributed by atoms with Gasteiger partial charge in [-0.05, 0) is 26.3 Å². The van der Waals surface area contributed by atoms with Crippen molar-refractivity contribution in [1.82, 2.24) is 14.7 Å². The maximum absolute atomic E-state index is 12.4. The zero-order valence-electron chi connectivity index (χ0n) is 12.8. The standard InChI is InChI=1S/C14H27N3O3/c1-4-16-9-6-12(7-10-16)15(3)14(20)17(5-2)11-8-13(18)19/h12H,4-11H2,1-3H3,(H,18,19). The van der Waals surface area contributed by atoms with E-state index in [1.807, 2.05) is 14.0 Å². The largest absolute Gasteiger partial charge is 0.481 e. The molecule has 1 aliphatic heterocycles. The van der Waals surface area contributed by atoms with Crippen molar-refractivity contribution in [2.24, 2.45) is 0 Å². The Morgan fingerprint density at radius 2 is 1.85 bits per heavy atom. The quantitative estimate of drug-likeness (QED) is 0.799. The van der Waals surface area contributed by atoms with Crippen LogP contribution in [0, 0.1) is 0 Å². The second kappa shape index (κ2) is 8.09. The number of aliphatic carboxylic acids is 1. The van der Waals surface area contributed by atoms with E-state index in [1.54, 1.807) is 9.80 Å². The highest BCUT2D eigenvalue weighted by Crippen LogP contribution is 2.16. The van der Waals surface area contributed by atoms with Crippen molar-refractivity contribution in [3.63, 3.8) is 0 Å². The van der Waals surface area contributed by atoms with Gasteiger partial charge < -0.3 is 19.8 Å². The van der Waals surface area contributed by atoms with Crippen LogP contribution in [0.3, 0.4) is 0 Å². The van der Waals surface area contributed by atoms with Crippen LogP contribution >= 0.6 is 0 Å². The number of urea groups is 1. The van der Waals surface area contributed by atoms with Crippen molar-refractivity contribution in [3.05, 3.63) is 0 Å². The van der Waals surface area contributed by atoms with E-state index in [1.165, 1.54) is 0 Å². The Morgan fingerprint density at radius 1 is 1.25 bits per heavy atom. The Bertz CT molecular complexity index is 328. The van der Waals surface area contributed by atoms with Crippen LogP contribution in [-0.2, 0) is 4.79 Å². The third-order valence-electron chi connectivity index (χ3n) is 4.10. The van der Waals surface area contributed by atoms with Gasteiger partial charge in [0.25, 0.3) is 0 Å². The molecule has 1 heterocycles. The second-order valence-electron chi connectivity index (χ2n) is 5.28. The fourth-order valence-electron chi connectivity index (χ4n) is 2.62. The molecule has 0 spiro atoms. The monoisotopic (exact) mass is 285 g/mol. The Labute approximate surface area is 121 Å². The molecule has 20 heavy (non-hydrogen) atoms. The number of hydrogen-bond donors (Lipinski definition) is 1. The summed E-state index contributed by atoms with van der Waals surface area (Å²) in [5.74, 6) is -0.866. The molecule has 6 heteroatoms. The number of carboxylic acid groups (broad SMARTS) is 1. The summed E-state index contributed by atoms with van der Waals surface area (Å²) in [5.41, 5.74) is 0. The summed E-state index contributed by atoms with van der Waals surface area (Å²) in [5, 5.41) is 8.73. The van der Waals surface area contributed by atoms with E-state index in [0.29, 0.717) is 6.54 Å². The van der Waals surface area contributed by atoms with Crippen molar-refractivity contribution < 1.29 is 14.7 Å². The summed E-state index contributed by atoms with van der Waals surface area (Å²) in [6.45, 7) is 7.98. The Kier molecular flexibility index (Phi) is 6.78. The highest BCUT2D eigenvalue weighted by Gasteiger charge is 2.27. The predicted octanol–water partition coefficient (Wildman–Crippen LogP) is 1.32. The molecule has 0 aromatic carbocycles. The van der Waals surface area contributed by atoms with Gasteiger partial charge in [-0.1, -0.05) is 6.92 Å². The molecule has 2 amide bonds. The van der Waals surface area contributed by atoms with Gasteiger partial charge >= 0.3 is 12.0 Å². The summed E-state index contributed by atoms with van der Waals surface area (Å²) in [4.78, 5) is 28.8. The summed E-state index contributed by atoms with van der Waals surface area (Å²) in [6, 6.07) is 0.216. The molecule has 1 saturated heterocycles. The number of likely N-dealkylation sites (tertiary alicyclic amines) is 1. The van der Waals surface area contributed by atoms with Gasteiger partial charge in [-0.15, -0.1) is 0 Å². The first-order valence-corrected chi connectivity index (χ1v) is 7.45. The topological polar surface area (TPSA) is 64.1 Å². The highest BCUT2D eigenvalue weighted by molar-refractivity contribution is 5.75. The number of carboxylic acids is 1. The summed E-state index contributed by atoms with van der Waals surface area (Å²) in [7, 11) is 1.83. The third kappa shape index (κ3) is 4.67. The van der Waals surface area contributed by atoms with E-state index in [0.717, 1.165) is 32.5 Å². The molecule has 1 N–H and O–H groups in total. The molecule has 0 saturated carbocycles. The molecule has 1 fully saturated rings. The maximum atomic E-state index is 12.4. The average molecular weight is 285 g/mol. The molecule has 1 rings (SSSR count). The number of nitrogens with zero attached hydrogens (tertiary/aromatic N) is 3. The second-order valence-corrected chi connectivity index (χ2v) is 5.28. The van der Waals surface area contributed by atoms with Crippen LogP contribution in [-0.4, -0.2) is 77.6 Å². The first-order valence-electron chi connectivity index (χ1n) is 7.45. The van der Waals surface area contributed by atoms with E-state index >= 15 is 0 Å². The number of carbonyl (C=O) groups excluding carboxylic acids is 1. The van der Waals surface area contributed by atoms with Gasteiger partial charge in [0.2, 0.25) is 0 Å². The van der Waals surface area contributed by atoms with Gasteiger partial charge in [0.05, 0.1) is 6.42 Å². The zero-order valence-corrected chi connectivity index (χ0v) is 12.8. The van der Waals surface area contributed by atoms with Crippen molar-refractivity contribution >= 4 is 12.0 Å². The van der Waals surface area contributed by atoms with E-state index in [2.05, 4.69) is 11.8 Å². The lowest BCUT2D eigenvalue weighted by atomic mass is 10.0. The van der Waals surface area contributed by atoms with Gasteiger partial charge in [0.1, 0.15) is 0 Å². The van der Waals surface area contributed by atoms with Crippen LogP contribution < -0.4 is 0 Å². The lowest BCUT2D eigenvalue weighted by molar-refractivity contribution is -0.137. The van der Waals surface area contributed by atoms with Crippen LogP contribution in [0.5, 0.6) is 0 Å². The highest BCUT2D eigenvalue weighted by atomic mass is 16.4. The molecule has 0 atom stereocenters. The maximum Gasteiger partial charge on any atom is 0.319 e. The average Bonchev–Trinajstić information content (AvgIpc) is 2.46. The van der Waals surface area contributed by atoms with Gasteiger partial charge in [-0.3, -0.25) is 4.79 Å². The molecule has 0 unspecified atom stereocenters. The zero-order chi connectivity index (χ0) is 15.1. The Morgan fingerprint density at radius 3 is 2.30 bits per heavy atom. The van der Waals surface area contributed by atoms with E-state index in [-0.39, 0.29) is 25.0 Å². The van der Waals surface area contributed by atoms with Gasteiger partial charge in [-0.2, -0.15) is 0 Å². The number of piperidine rings is 1. The van der Waals surface area contributed by atoms with Crippen LogP contribution in [0.1, 0.15) is 33.1 Å². The van der Waals surface area contributed by atoms with Crippen LogP contribution in [0.25, 0.3) is 0 Å². The van der Waals surface area contributed by atoms with Crippen molar-refractivity contribution in [2.75, 3.05) is 39.8 Å². The van der Waals surface area contributed by atoms with Gasteiger partial charge in [0, 0.05) is 39.3 Å². The number of hydrogen-bond acceptors (Lipinski definition) is 3. The summed E-state index contributed by atoms with van der Waals surface area (Å²) >= 11 is 0. The Balaban J connectivity index is 2.50. The first-order chi connectivity index (χ1) is 9.49. The smallest absolute Gasteiger partial charge is 0.319 e. The lowest BCUT2D eigenvalue weighted by Crippen LogP contribution is -2.50. The SMILES string of the molecule is CCN1CCC(N(C)C(=O)N(CC)CCC(=O)O)CC1. The minimum atomic E-state index is -0.866. The fourth-order valence-corrected chi connectivity index (χ4v) is 2.62. The predicted molar refractivity (Wildman–Crippen MR) is 77.8 cm³/mol. The molecule has 6 nitrogen and oxygen atoms in total. The molecule has 0 bridgehead atoms. The molecule has 0 aromatic heterocycles. The number of amides is 2. The van der Waals surface area contributed by atoms with Crippen molar-refractivity contribution in [2.45, 2.75) is 39.2 Å². The van der Waals surface area contributed by atoms with Crippen LogP contribution in [0.4, 0.5) is 4.79 Å². The van der Waals surface area contributed by atoms with Crippen LogP contribution in [0.2, 0.25) is 0 Å². The summed E-state index contributed by atoms with van der Waals surface area (Å²) in [6.07, 6.45) is 1.99. The normalized spacial score (nSPS) is 16.9.